The minimum absolute atomic E-state index is 0.180. The van der Waals surface area contributed by atoms with Crippen LogP contribution in [0.25, 0.3) is 21.9 Å². The first-order chi connectivity index (χ1) is 16.1. The van der Waals surface area contributed by atoms with Gasteiger partial charge in [-0.3, -0.25) is 4.79 Å². The molecule has 7 heteroatoms. The zero-order chi connectivity index (χ0) is 22.8. The van der Waals surface area contributed by atoms with Crippen molar-refractivity contribution in [1.29, 1.82) is 0 Å². The van der Waals surface area contributed by atoms with E-state index >= 15 is 0 Å². The van der Waals surface area contributed by atoms with Gasteiger partial charge in [0.1, 0.15) is 11.6 Å². The van der Waals surface area contributed by atoms with Crippen LogP contribution in [-0.4, -0.2) is 43.4 Å². The number of nitrogens with zero attached hydrogens (tertiary/aromatic N) is 2. The first-order valence-electron chi connectivity index (χ1n) is 11.0. The lowest BCUT2D eigenvalue weighted by atomic mass is 9.97. The molecule has 0 bridgehead atoms. The van der Waals surface area contributed by atoms with E-state index in [-0.39, 0.29) is 5.56 Å². The number of benzene rings is 2. The molecule has 5 rings (SSSR count). The molecule has 3 heterocycles. The zero-order valence-electron chi connectivity index (χ0n) is 18.7. The number of aromatic nitrogens is 2. The van der Waals surface area contributed by atoms with E-state index in [1.165, 1.54) is 0 Å². The van der Waals surface area contributed by atoms with E-state index in [1.54, 1.807) is 19.5 Å². The number of aromatic amines is 1. The SMILES string of the molecule is COc1ccc(-c2c[nH]c(=O)c3c(Nc4ccc(N5CCOCC5)cc4)nccc23)c(C)c1. The molecule has 33 heavy (non-hydrogen) atoms. The van der Waals surface area contributed by atoms with Crippen molar-refractivity contribution < 1.29 is 9.47 Å². The molecule has 1 saturated heterocycles. The molecule has 1 aliphatic heterocycles. The lowest BCUT2D eigenvalue weighted by Gasteiger charge is -2.28. The summed E-state index contributed by atoms with van der Waals surface area (Å²) in [6.07, 6.45) is 3.49. The monoisotopic (exact) mass is 442 g/mol. The summed E-state index contributed by atoms with van der Waals surface area (Å²) in [5, 5.41) is 4.71. The molecule has 0 unspecified atom stereocenters. The van der Waals surface area contributed by atoms with Crippen LogP contribution in [-0.2, 0) is 4.74 Å². The Morgan fingerprint density at radius 3 is 2.58 bits per heavy atom. The van der Waals surface area contributed by atoms with E-state index in [0.29, 0.717) is 11.2 Å². The predicted molar refractivity (Wildman–Crippen MR) is 132 cm³/mol. The van der Waals surface area contributed by atoms with Crippen molar-refractivity contribution in [2.45, 2.75) is 6.92 Å². The Balaban J connectivity index is 1.51. The van der Waals surface area contributed by atoms with Crippen LogP contribution in [0.3, 0.4) is 0 Å². The van der Waals surface area contributed by atoms with Crippen LogP contribution in [0.4, 0.5) is 17.2 Å². The Morgan fingerprint density at radius 1 is 1.06 bits per heavy atom. The number of ether oxygens (including phenoxy) is 2. The molecule has 1 aliphatic rings. The summed E-state index contributed by atoms with van der Waals surface area (Å²) in [6.45, 7) is 5.31. The van der Waals surface area contributed by atoms with Gasteiger partial charge >= 0.3 is 0 Å². The zero-order valence-corrected chi connectivity index (χ0v) is 18.7. The molecule has 2 aromatic carbocycles. The van der Waals surface area contributed by atoms with Crippen LogP contribution in [0.5, 0.6) is 5.75 Å². The average Bonchev–Trinajstić information content (AvgIpc) is 2.86. The maximum absolute atomic E-state index is 12.8. The molecule has 2 N–H and O–H groups in total. The maximum atomic E-state index is 12.8. The highest BCUT2D eigenvalue weighted by atomic mass is 16.5. The Morgan fingerprint density at radius 2 is 1.85 bits per heavy atom. The van der Waals surface area contributed by atoms with Gasteiger partial charge in [0.25, 0.3) is 5.56 Å². The van der Waals surface area contributed by atoms with Gasteiger partial charge in [0.05, 0.1) is 25.7 Å². The summed E-state index contributed by atoms with van der Waals surface area (Å²) in [4.78, 5) is 22.5. The third kappa shape index (κ3) is 4.15. The first kappa shape index (κ1) is 21.0. The van der Waals surface area contributed by atoms with Gasteiger partial charge in [-0.25, -0.2) is 4.98 Å². The van der Waals surface area contributed by atoms with Gasteiger partial charge in [-0.1, -0.05) is 6.07 Å². The smallest absolute Gasteiger partial charge is 0.259 e. The van der Waals surface area contributed by atoms with Crippen molar-refractivity contribution in [3.05, 3.63) is 76.8 Å². The van der Waals surface area contributed by atoms with Crippen molar-refractivity contribution in [1.82, 2.24) is 9.97 Å². The highest BCUT2D eigenvalue weighted by molar-refractivity contribution is 6.02. The normalized spacial score (nSPS) is 13.8. The van der Waals surface area contributed by atoms with E-state index in [0.717, 1.165) is 65.5 Å². The van der Waals surface area contributed by atoms with Gasteiger partial charge in [-0.2, -0.15) is 0 Å². The molecular weight excluding hydrogens is 416 g/mol. The molecule has 0 spiro atoms. The number of anilines is 3. The molecule has 168 valence electrons. The van der Waals surface area contributed by atoms with Crippen LogP contribution in [0, 0.1) is 6.92 Å². The van der Waals surface area contributed by atoms with Crippen molar-refractivity contribution >= 4 is 28.0 Å². The predicted octanol–water partition coefficient (Wildman–Crippen LogP) is 4.49. The summed E-state index contributed by atoms with van der Waals surface area (Å²) < 4.78 is 10.8. The molecule has 4 aromatic rings. The van der Waals surface area contributed by atoms with Crippen LogP contribution in [0.15, 0.2) is 65.7 Å². The summed E-state index contributed by atoms with van der Waals surface area (Å²) in [7, 11) is 1.65. The van der Waals surface area contributed by atoms with Crippen molar-refractivity contribution in [2.24, 2.45) is 0 Å². The standard InChI is InChI=1S/C26H26N4O3/c1-17-15-20(32-2)7-8-21(17)23-16-28-26(31)24-22(23)9-10-27-25(24)29-18-3-5-19(6-4-18)30-11-13-33-14-12-30/h3-10,15-16H,11-14H2,1-2H3,(H,27,29)(H,28,31). The minimum atomic E-state index is -0.180. The minimum Gasteiger partial charge on any atom is -0.497 e. The molecule has 0 radical (unpaired) electrons. The van der Waals surface area contributed by atoms with Crippen LogP contribution < -0.4 is 20.5 Å². The van der Waals surface area contributed by atoms with Gasteiger partial charge in [-0.05, 0) is 60.5 Å². The quantitative estimate of drug-likeness (QED) is 0.474. The van der Waals surface area contributed by atoms with Gasteiger partial charge in [0, 0.05) is 47.8 Å². The highest BCUT2D eigenvalue weighted by Gasteiger charge is 2.15. The average molecular weight is 443 g/mol. The Kier molecular flexibility index (Phi) is 5.71. The second kappa shape index (κ2) is 8.96. The summed E-state index contributed by atoms with van der Waals surface area (Å²) in [6, 6.07) is 16.0. The van der Waals surface area contributed by atoms with Crippen molar-refractivity contribution in [3.8, 4) is 16.9 Å². The number of hydrogen-bond acceptors (Lipinski definition) is 6. The number of fused-ring (bicyclic) bond motifs is 1. The van der Waals surface area contributed by atoms with Gasteiger partial charge in [0.15, 0.2) is 0 Å². The fourth-order valence-electron chi connectivity index (χ4n) is 4.30. The van der Waals surface area contributed by atoms with E-state index in [9.17, 15) is 4.79 Å². The third-order valence-electron chi connectivity index (χ3n) is 6.05. The van der Waals surface area contributed by atoms with E-state index < -0.39 is 0 Å². The second-order valence-corrected chi connectivity index (χ2v) is 8.07. The summed E-state index contributed by atoms with van der Waals surface area (Å²) in [5.41, 5.74) is 4.89. The number of nitrogens with one attached hydrogen (secondary N) is 2. The van der Waals surface area contributed by atoms with E-state index in [1.807, 2.05) is 43.3 Å². The molecule has 2 aromatic heterocycles. The fraction of sp³-hybridized carbons (Fsp3) is 0.231. The number of H-pyrrole nitrogens is 1. The van der Waals surface area contributed by atoms with E-state index in [2.05, 4.69) is 32.3 Å². The van der Waals surface area contributed by atoms with Gasteiger partial charge in [0.2, 0.25) is 0 Å². The lowest BCUT2D eigenvalue weighted by molar-refractivity contribution is 0.122. The third-order valence-corrected chi connectivity index (χ3v) is 6.05. The van der Waals surface area contributed by atoms with Crippen LogP contribution in [0.1, 0.15) is 5.56 Å². The van der Waals surface area contributed by atoms with Crippen LogP contribution in [0.2, 0.25) is 0 Å². The number of pyridine rings is 2. The van der Waals surface area contributed by atoms with Gasteiger partial charge < -0.3 is 24.7 Å². The van der Waals surface area contributed by atoms with E-state index in [4.69, 9.17) is 9.47 Å². The number of morpholine rings is 1. The summed E-state index contributed by atoms with van der Waals surface area (Å²) >= 11 is 0. The summed E-state index contributed by atoms with van der Waals surface area (Å²) in [5.74, 6) is 1.33. The van der Waals surface area contributed by atoms with Crippen LogP contribution >= 0.6 is 0 Å². The molecule has 1 fully saturated rings. The lowest BCUT2D eigenvalue weighted by Crippen LogP contribution is -2.36. The number of aryl methyl sites for hydroxylation is 1. The Hall–Kier alpha value is -3.84. The number of rotatable bonds is 5. The maximum Gasteiger partial charge on any atom is 0.259 e. The molecule has 0 atom stereocenters. The first-order valence-corrected chi connectivity index (χ1v) is 11.0. The Labute approximate surface area is 192 Å². The second-order valence-electron chi connectivity index (χ2n) is 8.07. The molecule has 0 amide bonds. The molecule has 7 nitrogen and oxygen atoms in total. The topological polar surface area (TPSA) is 79.5 Å². The van der Waals surface area contributed by atoms with Crippen molar-refractivity contribution in [3.63, 3.8) is 0 Å². The van der Waals surface area contributed by atoms with Crippen molar-refractivity contribution in [2.75, 3.05) is 43.6 Å². The molecular formula is C26H26N4O3. The number of methoxy groups -OCH3 is 1. The molecule has 0 saturated carbocycles. The largest absolute Gasteiger partial charge is 0.497 e. The fourth-order valence-corrected chi connectivity index (χ4v) is 4.30. The molecule has 0 aliphatic carbocycles. The van der Waals surface area contributed by atoms with Gasteiger partial charge in [-0.15, -0.1) is 0 Å². The number of hydrogen-bond donors (Lipinski definition) is 2. The highest BCUT2D eigenvalue weighted by Crippen LogP contribution is 2.33. The Bertz CT molecular complexity index is 1340.